The van der Waals surface area contributed by atoms with E-state index in [0.717, 1.165) is 11.3 Å². The molecule has 1 heterocycles. The van der Waals surface area contributed by atoms with E-state index in [-0.39, 0.29) is 11.7 Å². The molecular weight excluding hydrogens is 358 g/mol. The number of carbonyl (C=O) groups is 1. The molecule has 8 heteroatoms. The Kier molecular flexibility index (Phi) is 6.83. The number of carbonyl (C=O) groups excluding carboxylic acids is 1. The molecule has 0 radical (unpaired) electrons. The Labute approximate surface area is 152 Å². The quantitative estimate of drug-likeness (QED) is 0.736. The van der Waals surface area contributed by atoms with Gasteiger partial charge < -0.3 is 5.32 Å². The number of benzene rings is 1. The van der Waals surface area contributed by atoms with Crippen LogP contribution >= 0.6 is 11.8 Å². The Morgan fingerprint density at radius 2 is 2.04 bits per heavy atom. The number of amides is 1. The van der Waals surface area contributed by atoms with E-state index in [9.17, 15) is 13.2 Å². The van der Waals surface area contributed by atoms with Crippen molar-refractivity contribution in [3.05, 3.63) is 53.9 Å². The Morgan fingerprint density at radius 1 is 1.24 bits per heavy atom. The van der Waals surface area contributed by atoms with Gasteiger partial charge in [0.05, 0.1) is 22.9 Å². The summed E-state index contributed by atoms with van der Waals surface area (Å²) in [6.45, 7) is 3.37. The third-order valence-electron chi connectivity index (χ3n) is 3.36. The van der Waals surface area contributed by atoms with Crippen LogP contribution in [0.3, 0.4) is 0 Å². The molecule has 0 aliphatic rings. The third-order valence-corrected chi connectivity index (χ3v) is 5.62. The van der Waals surface area contributed by atoms with Crippen molar-refractivity contribution in [1.82, 2.24) is 4.98 Å². The van der Waals surface area contributed by atoms with Gasteiger partial charge in [-0.25, -0.2) is 8.42 Å². The van der Waals surface area contributed by atoms with Crippen LogP contribution in [0.4, 0.5) is 11.4 Å². The van der Waals surface area contributed by atoms with Crippen LogP contribution in [-0.2, 0) is 20.6 Å². The summed E-state index contributed by atoms with van der Waals surface area (Å²) in [4.78, 5) is 16.2. The zero-order chi connectivity index (χ0) is 18.3. The van der Waals surface area contributed by atoms with Crippen molar-refractivity contribution in [2.75, 3.05) is 21.5 Å². The molecule has 1 aromatic carbocycles. The average molecular weight is 380 g/mol. The number of aromatic nitrogens is 1. The van der Waals surface area contributed by atoms with Gasteiger partial charge >= 0.3 is 0 Å². The lowest BCUT2D eigenvalue weighted by Crippen LogP contribution is -2.16. The second-order valence-electron chi connectivity index (χ2n) is 5.40. The molecule has 0 aliphatic carbocycles. The summed E-state index contributed by atoms with van der Waals surface area (Å²) in [5.74, 6) is 0.894. The number of rotatable bonds is 8. The predicted octanol–water partition coefficient (Wildman–Crippen LogP) is 3.02. The van der Waals surface area contributed by atoms with Gasteiger partial charge in [-0.3, -0.25) is 14.5 Å². The highest BCUT2D eigenvalue weighted by molar-refractivity contribution is 7.99. The van der Waals surface area contributed by atoms with Crippen LogP contribution in [0.5, 0.6) is 0 Å². The number of aryl methyl sites for hydroxylation is 1. The van der Waals surface area contributed by atoms with Crippen molar-refractivity contribution < 1.29 is 13.2 Å². The van der Waals surface area contributed by atoms with E-state index in [1.54, 1.807) is 38.2 Å². The molecule has 2 aromatic rings. The molecule has 0 saturated heterocycles. The lowest BCUT2D eigenvalue weighted by molar-refractivity contribution is -0.113. The van der Waals surface area contributed by atoms with E-state index in [2.05, 4.69) is 15.0 Å². The second-order valence-corrected chi connectivity index (χ2v) is 8.39. The summed E-state index contributed by atoms with van der Waals surface area (Å²) >= 11 is 1.49. The van der Waals surface area contributed by atoms with Gasteiger partial charge in [0.25, 0.3) is 0 Å². The van der Waals surface area contributed by atoms with Gasteiger partial charge in [0, 0.05) is 17.6 Å². The number of thioether (sulfide) groups is 1. The van der Waals surface area contributed by atoms with E-state index in [1.807, 2.05) is 18.2 Å². The van der Waals surface area contributed by atoms with Crippen LogP contribution in [0.1, 0.15) is 18.2 Å². The lowest BCUT2D eigenvalue weighted by Gasteiger charge is -2.11. The molecular formula is C17H21N3O3S2. The minimum Gasteiger partial charge on any atom is -0.325 e. The molecule has 1 amide bonds. The highest BCUT2D eigenvalue weighted by atomic mass is 32.2. The number of anilines is 2. The maximum Gasteiger partial charge on any atom is 0.234 e. The Balaban J connectivity index is 1.87. The van der Waals surface area contributed by atoms with E-state index in [0.29, 0.717) is 22.9 Å². The fraction of sp³-hybridized carbons (Fsp3) is 0.294. The van der Waals surface area contributed by atoms with Gasteiger partial charge in [-0.05, 0) is 49.7 Å². The minimum absolute atomic E-state index is 0.0123. The summed E-state index contributed by atoms with van der Waals surface area (Å²) in [6, 6.07) is 10.8. The van der Waals surface area contributed by atoms with Crippen LogP contribution in [0.2, 0.25) is 0 Å². The molecule has 1 aromatic heterocycles. The largest absolute Gasteiger partial charge is 0.325 e. The molecule has 2 rings (SSSR count). The molecule has 0 atom stereocenters. The average Bonchev–Trinajstić information content (AvgIpc) is 2.58. The van der Waals surface area contributed by atoms with Crippen molar-refractivity contribution in [2.24, 2.45) is 0 Å². The van der Waals surface area contributed by atoms with Gasteiger partial charge in [-0.1, -0.05) is 6.07 Å². The number of hydrogen-bond acceptors (Lipinski definition) is 5. The van der Waals surface area contributed by atoms with Crippen LogP contribution in [0, 0.1) is 6.92 Å². The molecule has 0 bridgehead atoms. The monoisotopic (exact) mass is 379 g/mol. The Bertz CT molecular complexity index is 824. The number of hydrogen-bond donors (Lipinski definition) is 2. The zero-order valence-electron chi connectivity index (χ0n) is 14.2. The molecule has 6 nitrogen and oxygen atoms in total. The van der Waals surface area contributed by atoms with Gasteiger partial charge in [0.2, 0.25) is 15.9 Å². The second kappa shape index (κ2) is 8.87. The molecule has 0 fully saturated rings. The van der Waals surface area contributed by atoms with Crippen molar-refractivity contribution in [2.45, 2.75) is 19.6 Å². The van der Waals surface area contributed by atoms with Crippen molar-refractivity contribution in [3.63, 3.8) is 0 Å². The number of nitrogens with one attached hydrogen (secondary N) is 2. The van der Waals surface area contributed by atoms with E-state index >= 15 is 0 Å². The highest BCUT2D eigenvalue weighted by Crippen LogP contribution is 2.21. The number of sulfonamides is 1. The van der Waals surface area contributed by atoms with E-state index < -0.39 is 10.0 Å². The lowest BCUT2D eigenvalue weighted by atomic mass is 10.2. The molecule has 0 spiro atoms. The number of pyridine rings is 1. The predicted molar refractivity (Wildman–Crippen MR) is 103 cm³/mol. The van der Waals surface area contributed by atoms with Gasteiger partial charge in [-0.2, -0.15) is 0 Å². The highest BCUT2D eigenvalue weighted by Gasteiger charge is 2.10. The summed E-state index contributed by atoms with van der Waals surface area (Å²) < 4.78 is 25.8. The van der Waals surface area contributed by atoms with Gasteiger partial charge in [-0.15, -0.1) is 11.8 Å². The maximum atomic E-state index is 12.0. The van der Waals surface area contributed by atoms with Crippen LogP contribution in [0.25, 0.3) is 0 Å². The van der Waals surface area contributed by atoms with Crippen LogP contribution in [0.15, 0.2) is 42.6 Å². The standard InChI is InChI=1S/C17H21N3O3S2/c1-3-25(22,23)20-16-8-7-14(10-13(16)2)19-17(21)12-24-11-15-6-4-5-9-18-15/h4-10,20H,3,11-12H2,1-2H3,(H,19,21). The Hall–Kier alpha value is -2.06. The summed E-state index contributed by atoms with van der Waals surface area (Å²) in [5, 5.41) is 2.82. The third kappa shape index (κ3) is 6.39. The molecule has 25 heavy (non-hydrogen) atoms. The zero-order valence-corrected chi connectivity index (χ0v) is 15.8. The smallest absolute Gasteiger partial charge is 0.234 e. The maximum absolute atomic E-state index is 12.0. The van der Waals surface area contributed by atoms with Gasteiger partial charge in [0.15, 0.2) is 0 Å². The first-order valence-electron chi connectivity index (χ1n) is 7.78. The van der Waals surface area contributed by atoms with Crippen molar-refractivity contribution >= 4 is 39.1 Å². The first-order valence-corrected chi connectivity index (χ1v) is 10.6. The SMILES string of the molecule is CCS(=O)(=O)Nc1ccc(NC(=O)CSCc2ccccn2)cc1C. The first-order chi connectivity index (χ1) is 11.9. The van der Waals surface area contributed by atoms with Crippen LogP contribution in [-0.4, -0.2) is 30.8 Å². The normalized spacial score (nSPS) is 11.1. The summed E-state index contributed by atoms with van der Waals surface area (Å²) in [5.41, 5.74) is 2.84. The minimum atomic E-state index is -3.32. The van der Waals surface area contributed by atoms with Crippen LogP contribution < -0.4 is 10.0 Å². The molecule has 0 unspecified atom stereocenters. The fourth-order valence-corrected chi connectivity index (χ4v) is 3.47. The van der Waals surface area contributed by atoms with Gasteiger partial charge in [0.1, 0.15) is 0 Å². The van der Waals surface area contributed by atoms with Crippen molar-refractivity contribution in [1.29, 1.82) is 0 Å². The molecule has 0 aliphatic heterocycles. The van der Waals surface area contributed by atoms with E-state index in [4.69, 9.17) is 0 Å². The Morgan fingerprint density at radius 3 is 2.68 bits per heavy atom. The van der Waals surface area contributed by atoms with Crippen molar-refractivity contribution in [3.8, 4) is 0 Å². The molecule has 134 valence electrons. The first kappa shape index (κ1) is 19.3. The number of nitrogens with zero attached hydrogens (tertiary/aromatic N) is 1. The fourth-order valence-electron chi connectivity index (χ4n) is 2.02. The molecule has 2 N–H and O–H groups in total. The molecule has 0 saturated carbocycles. The summed E-state index contributed by atoms with van der Waals surface area (Å²) in [7, 11) is -3.32. The van der Waals surface area contributed by atoms with E-state index in [1.165, 1.54) is 11.8 Å². The topological polar surface area (TPSA) is 88.2 Å². The summed E-state index contributed by atoms with van der Waals surface area (Å²) in [6.07, 6.45) is 1.73.